The van der Waals surface area contributed by atoms with Gasteiger partial charge in [-0.3, -0.25) is 4.79 Å². The number of ketones is 1. The molecule has 6 atom stereocenters. The van der Waals surface area contributed by atoms with Crippen LogP contribution in [-0.4, -0.2) is 20.2 Å². The lowest BCUT2D eigenvalue weighted by atomic mass is 9.70. The Hall–Kier alpha value is -0.153. The Bertz CT molecular complexity index is 558. The molecule has 0 N–H and O–H groups in total. The van der Waals surface area contributed by atoms with Crippen LogP contribution in [0.3, 0.4) is 0 Å². The number of hydrogen-bond donors (Lipinski definition) is 0. The number of hydrogen-bond acceptors (Lipinski definition) is 2. The fraction of sp³-hybridized carbons (Fsp3) is 0.950. The van der Waals surface area contributed by atoms with Crippen LogP contribution in [0.15, 0.2) is 0 Å². The van der Waals surface area contributed by atoms with Crippen molar-refractivity contribution in [2.75, 3.05) is 0 Å². The van der Waals surface area contributed by atoms with Crippen LogP contribution in [0.4, 0.5) is 0 Å². The van der Waals surface area contributed by atoms with Crippen molar-refractivity contribution < 1.29 is 9.22 Å². The zero-order valence-electron chi connectivity index (χ0n) is 16.0. The van der Waals surface area contributed by atoms with E-state index in [0.29, 0.717) is 41.0 Å². The van der Waals surface area contributed by atoms with E-state index in [9.17, 15) is 4.79 Å². The maximum Gasteiger partial charge on any atom is 0.192 e. The van der Waals surface area contributed by atoms with E-state index in [1.807, 2.05) is 0 Å². The van der Waals surface area contributed by atoms with Gasteiger partial charge in [-0.15, -0.1) is 0 Å². The molecule has 4 aliphatic rings. The van der Waals surface area contributed by atoms with Crippen LogP contribution in [-0.2, 0) is 9.22 Å². The predicted octanol–water partition coefficient (Wildman–Crippen LogP) is 5.04. The molecule has 0 aromatic heterocycles. The molecule has 1 unspecified atom stereocenters. The Morgan fingerprint density at radius 2 is 1.78 bits per heavy atom. The van der Waals surface area contributed by atoms with Crippen LogP contribution >= 0.6 is 0 Å². The van der Waals surface area contributed by atoms with E-state index < -0.39 is 8.32 Å². The normalized spacial score (nSPS) is 47.4. The van der Waals surface area contributed by atoms with Crippen molar-refractivity contribution in [3.63, 3.8) is 0 Å². The molecule has 1 spiro atoms. The highest BCUT2D eigenvalue weighted by molar-refractivity contribution is 6.74. The summed E-state index contributed by atoms with van der Waals surface area (Å²) in [6, 6.07) is 0. The van der Waals surface area contributed by atoms with Crippen molar-refractivity contribution in [2.45, 2.75) is 84.5 Å². The predicted molar refractivity (Wildman–Crippen MR) is 95.7 cm³/mol. The van der Waals surface area contributed by atoms with E-state index in [2.05, 4.69) is 47.7 Å². The molecule has 0 bridgehead atoms. The largest absolute Gasteiger partial charge is 0.414 e. The van der Waals surface area contributed by atoms with E-state index in [1.165, 1.54) is 12.8 Å². The molecular formula is C20H34O2Si. The topological polar surface area (TPSA) is 26.3 Å². The molecule has 0 heterocycles. The summed E-state index contributed by atoms with van der Waals surface area (Å²) in [6.07, 6.45) is 5.00. The molecule has 0 aromatic rings. The highest BCUT2D eigenvalue weighted by Gasteiger charge is 2.80. The van der Waals surface area contributed by atoms with Crippen molar-refractivity contribution in [2.24, 2.45) is 34.5 Å². The molecule has 4 aliphatic carbocycles. The summed E-state index contributed by atoms with van der Waals surface area (Å²) in [6.45, 7) is 16.5. The minimum Gasteiger partial charge on any atom is -0.414 e. The summed E-state index contributed by atoms with van der Waals surface area (Å²) in [5, 5.41) is 0.249. The maximum absolute atomic E-state index is 13.2. The van der Waals surface area contributed by atoms with E-state index in [1.54, 1.807) is 0 Å². The molecule has 3 heteroatoms. The summed E-state index contributed by atoms with van der Waals surface area (Å²) < 4.78 is 6.88. The standard InChI is InChI=1S/C20H34O2Si/c1-18(2,3)23(6,7)22-14-9-8-13-15(14)16-19(4,5)10-12-11-20(12,16)17(13)21/h12-16H,8-11H2,1-7H3/t12-,13-,14?,15-,16+,20-/m0/s1. The van der Waals surface area contributed by atoms with E-state index >= 15 is 0 Å². The van der Waals surface area contributed by atoms with Gasteiger partial charge in [0.1, 0.15) is 5.78 Å². The molecule has 0 aliphatic heterocycles. The van der Waals surface area contributed by atoms with Crippen LogP contribution in [0.25, 0.3) is 0 Å². The molecule has 2 nitrogen and oxygen atoms in total. The van der Waals surface area contributed by atoms with Crippen molar-refractivity contribution in [1.29, 1.82) is 0 Å². The van der Waals surface area contributed by atoms with Crippen LogP contribution in [0.2, 0.25) is 18.1 Å². The summed E-state index contributed by atoms with van der Waals surface area (Å²) in [4.78, 5) is 13.2. The van der Waals surface area contributed by atoms with Gasteiger partial charge in [0, 0.05) is 17.4 Å². The van der Waals surface area contributed by atoms with Crippen LogP contribution in [0.5, 0.6) is 0 Å². The SMILES string of the molecule is CC1(C)C[C@H]2C[C@]23C(=O)[C@H]2CCC(O[Si](C)(C)C(C)(C)C)[C@H]2[C@H]13. The average Bonchev–Trinajstić information content (AvgIpc) is 2.68. The van der Waals surface area contributed by atoms with Gasteiger partial charge in [0.05, 0.1) is 0 Å². The third-order valence-corrected chi connectivity index (χ3v) is 12.9. The van der Waals surface area contributed by atoms with Crippen molar-refractivity contribution in [1.82, 2.24) is 0 Å². The minimum absolute atomic E-state index is 0.0916. The highest BCUT2D eigenvalue weighted by atomic mass is 28.4. The van der Waals surface area contributed by atoms with Crippen molar-refractivity contribution in [3.05, 3.63) is 0 Å². The molecule has 23 heavy (non-hydrogen) atoms. The lowest BCUT2D eigenvalue weighted by Crippen LogP contribution is -2.46. The number of Topliss-reactive ketones (excluding diaryl/α,β-unsaturated/α-hetero) is 1. The zero-order valence-corrected chi connectivity index (χ0v) is 17.0. The molecule has 0 radical (unpaired) electrons. The molecule has 0 amide bonds. The van der Waals surface area contributed by atoms with Gasteiger partial charge >= 0.3 is 0 Å². The first kappa shape index (κ1) is 16.3. The minimum atomic E-state index is -1.76. The Kier molecular flexibility index (Phi) is 3.07. The van der Waals surface area contributed by atoms with Gasteiger partial charge in [-0.05, 0) is 67.0 Å². The van der Waals surface area contributed by atoms with E-state index in [0.717, 1.165) is 12.8 Å². The van der Waals surface area contributed by atoms with Crippen LogP contribution in [0, 0.1) is 34.5 Å². The molecule has 4 saturated carbocycles. The molecule has 0 saturated heterocycles. The first-order valence-corrected chi connectivity index (χ1v) is 12.5. The Morgan fingerprint density at radius 1 is 1.13 bits per heavy atom. The number of carbonyl (C=O) groups is 1. The van der Waals surface area contributed by atoms with Gasteiger partial charge in [0.25, 0.3) is 0 Å². The van der Waals surface area contributed by atoms with Gasteiger partial charge in [0.15, 0.2) is 8.32 Å². The maximum atomic E-state index is 13.2. The quantitative estimate of drug-likeness (QED) is 0.661. The third-order valence-electron chi connectivity index (χ3n) is 8.41. The smallest absolute Gasteiger partial charge is 0.192 e. The fourth-order valence-corrected chi connectivity index (χ4v) is 7.93. The molecule has 4 rings (SSSR count). The van der Waals surface area contributed by atoms with Crippen LogP contribution in [0.1, 0.15) is 60.3 Å². The van der Waals surface area contributed by atoms with E-state index in [4.69, 9.17) is 4.43 Å². The van der Waals surface area contributed by atoms with Crippen LogP contribution < -0.4 is 0 Å². The summed E-state index contributed by atoms with van der Waals surface area (Å²) in [5.41, 5.74) is 0.422. The Labute approximate surface area is 142 Å². The van der Waals surface area contributed by atoms with Gasteiger partial charge in [-0.1, -0.05) is 34.6 Å². The lowest BCUT2D eigenvalue weighted by Gasteiger charge is -2.43. The third kappa shape index (κ3) is 1.93. The second-order valence-electron chi connectivity index (χ2n) is 11.2. The second kappa shape index (κ2) is 4.33. The van der Waals surface area contributed by atoms with Gasteiger partial charge in [-0.25, -0.2) is 0 Å². The van der Waals surface area contributed by atoms with Gasteiger partial charge < -0.3 is 4.43 Å². The van der Waals surface area contributed by atoms with Gasteiger partial charge in [-0.2, -0.15) is 0 Å². The number of fused-ring (bicyclic) bond motifs is 2. The van der Waals surface area contributed by atoms with E-state index in [-0.39, 0.29) is 10.5 Å². The molecular weight excluding hydrogens is 300 g/mol. The first-order valence-electron chi connectivity index (χ1n) is 9.64. The summed E-state index contributed by atoms with van der Waals surface area (Å²) in [5.74, 6) is 2.77. The molecule has 4 fully saturated rings. The van der Waals surface area contributed by atoms with Crippen molar-refractivity contribution >= 4 is 14.1 Å². The number of carbonyl (C=O) groups excluding carboxylic acids is 1. The second-order valence-corrected chi connectivity index (χ2v) is 15.9. The molecule has 130 valence electrons. The number of rotatable bonds is 2. The molecule has 0 aromatic carbocycles. The zero-order chi connectivity index (χ0) is 17.0. The first-order chi connectivity index (χ1) is 10.4. The summed E-state index contributed by atoms with van der Waals surface area (Å²) >= 11 is 0. The Balaban J connectivity index is 1.65. The van der Waals surface area contributed by atoms with Crippen molar-refractivity contribution in [3.8, 4) is 0 Å². The lowest BCUT2D eigenvalue weighted by molar-refractivity contribution is -0.125. The monoisotopic (exact) mass is 334 g/mol. The Morgan fingerprint density at radius 3 is 2.39 bits per heavy atom. The summed E-state index contributed by atoms with van der Waals surface area (Å²) in [7, 11) is -1.76. The average molecular weight is 335 g/mol. The fourth-order valence-electron chi connectivity index (χ4n) is 6.54. The highest BCUT2D eigenvalue weighted by Crippen LogP contribution is 2.80. The van der Waals surface area contributed by atoms with Gasteiger partial charge in [0.2, 0.25) is 0 Å².